The summed E-state index contributed by atoms with van der Waals surface area (Å²) in [7, 11) is 0. The largest absolute Gasteiger partial charge is 0.422 e. The predicted octanol–water partition coefficient (Wildman–Crippen LogP) is 0.733. The number of carbonyl (C=O) groups is 1. The minimum absolute atomic E-state index is 0.169. The lowest BCUT2D eigenvalue weighted by molar-refractivity contribution is -0.140. The van der Waals surface area contributed by atoms with E-state index in [2.05, 4.69) is 15.7 Å². The van der Waals surface area contributed by atoms with Gasteiger partial charge in [-0.25, -0.2) is 4.98 Å². The van der Waals surface area contributed by atoms with Crippen LogP contribution in [0.2, 0.25) is 0 Å². The van der Waals surface area contributed by atoms with Gasteiger partial charge < -0.3 is 5.73 Å². The maximum absolute atomic E-state index is 12.6. The molecular formula is C6H3F4N3O. The second-order valence-electron chi connectivity index (χ2n) is 2.26. The van der Waals surface area contributed by atoms with Crippen LogP contribution in [0.3, 0.4) is 0 Å². The lowest BCUT2D eigenvalue weighted by Crippen LogP contribution is -2.19. The first-order valence-electron chi connectivity index (χ1n) is 3.22. The van der Waals surface area contributed by atoms with Crippen LogP contribution in [0.15, 0.2) is 6.20 Å². The Bertz CT molecular complexity index is 376. The van der Waals surface area contributed by atoms with Crippen LogP contribution in [-0.2, 0) is 6.18 Å². The fourth-order valence-corrected chi connectivity index (χ4v) is 0.670. The fraction of sp³-hybridized carbons (Fsp3) is 0.167. The van der Waals surface area contributed by atoms with E-state index >= 15 is 0 Å². The zero-order valence-corrected chi connectivity index (χ0v) is 6.47. The topological polar surface area (TPSA) is 68.9 Å². The number of nitrogens with zero attached hydrogens (tertiary/aromatic N) is 2. The van der Waals surface area contributed by atoms with Gasteiger partial charge in [-0.1, -0.05) is 0 Å². The van der Waals surface area contributed by atoms with Gasteiger partial charge in [0.1, 0.15) is 5.56 Å². The van der Waals surface area contributed by atoms with Crippen molar-refractivity contribution >= 4 is 5.91 Å². The summed E-state index contributed by atoms with van der Waals surface area (Å²) in [4.78, 5) is 16.0. The molecule has 0 aliphatic rings. The van der Waals surface area contributed by atoms with Gasteiger partial charge in [0.15, 0.2) is 0 Å². The van der Waals surface area contributed by atoms with E-state index in [4.69, 9.17) is 0 Å². The third-order valence-corrected chi connectivity index (χ3v) is 1.27. The molecule has 14 heavy (non-hydrogen) atoms. The second kappa shape index (κ2) is 3.20. The van der Waals surface area contributed by atoms with Crippen LogP contribution in [0.5, 0.6) is 0 Å². The van der Waals surface area contributed by atoms with Gasteiger partial charge in [0.25, 0.3) is 5.91 Å². The highest BCUT2D eigenvalue weighted by Crippen LogP contribution is 2.29. The van der Waals surface area contributed by atoms with E-state index in [-0.39, 0.29) is 6.20 Å². The maximum Gasteiger partial charge on any atom is 0.422 e. The summed E-state index contributed by atoms with van der Waals surface area (Å²) in [6.45, 7) is 0. The second-order valence-corrected chi connectivity index (χ2v) is 2.26. The highest BCUT2D eigenvalue weighted by molar-refractivity contribution is 5.88. The van der Waals surface area contributed by atoms with Crippen LogP contribution in [0, 0.1) is 5.95 Å². The Morgan fingerprint density at radius 1 is 1.43 bits per heavy atom. The molecule has 1 heterocycles. The zero-order chi connectivity index (χ0) is 10.9. The van der Waals surface area contributed by atoms with Crippen molar-refractivity contribution in [1.82, 2.24) is 9.97 Å². The molecule has 0 saturated carbocycles. The molecule has 1 rings (SSSR count). The molecule has 0 radical (unpaired) electrons. The summed E-state index contributed by atoms with van der Waals surface area (Å²) < 4.78 is 48.5. The van der Waals surface area contributed by atoms with E-state index in [0.717, 1.165) is 0 Å². The Morgan fingerprint density at radius 3 is 2.36 bits per heavy atom. The summed E-state index contributed by atoms with van der Waals surface area (Å²) in [5.74, 6) is -3.81. The number of aromatic nitrogens is 2. The molecule has 1 amide bonds. The Kier molecular flexibility index (Phi) is 2.37. The Hall–Kier alpha value is -1.73. The van der Waals surface area contributed by atoms with Gasteiger partial charge in [0.2, 0.25) is 11.8 Å². The van der Waals surface area contributed by atoms with E-state index in [0.29, 0.717) is 0 Å². The Balaban J connectivity index is 3.21. The molecule has 1 aromatic rings. The maximum atomic E-state index is 12.6. The molecule has 0 aromatic carbocycles. The molecule has 76 valence electrons. The number of rotatable bonds is 1. The van der Waals surface area contributed by atoms with Crippen molar-refractivity contribution in [3.05, 3.63) is 23.5 Å². The molecule has 4 nitrogen and oxygen atoms in total. The molecule has 2 N–H and O–H groups in total. The van der Waals surface area contributed by atoms with Crippen molar-refractivity contribution in [2.45, 2.75) is 6.18 Å². The number of halogens is 4. The van der Waals surface area contributed by atoms with Crippen LogP contribution < -0.4 is 5.73 Å². The number of carbonyl (C=O) groups excluding carboxylic acids is 1. The van der Waals surface area contributed by atoms with Gasteiger partial charge in [0, 0.05) is 6.20 Å². The van der Waals surface area contributed by atoms with Crippen LogP contribution in [0.4, 0.5) is 17.6 Å². The average Bonchev–Trinajstić information content (AvgIpc) is 2.01. The molecule has 0 unspecified atom stereocenters. The Morgan fingerprint density at radius 2 is 2.00 bits per heavy atom. The standard InChI is InChI=1S/C6H3F4N3O/c7-3-2(6(8,9)10)1-12-5(13-3)4(11)14/h1H,(H2,11,14). The number of nitrogens with two attached hydrogens (primary N) is 1. The lowest BCUT2D eigenvalue weighted by atomic mass is 10.3. The minimum atomic E-state index is -4.89. The van der Waals surface area contributed by atoms with Gasteiger partial charge in [-0.05, 0) is 0 Å². The van der Waals surface area contributed by atoms with Crippen LogP contribution in [0.1, 0.15) is 16.2 Å². The lowest BCUT2D eigenvalue weighted by Gasteiger charge is -2.06. The molecule has 0 bridgehead atoms. The first-order valence-corrected chi connectivity index (χ1v) is 3.22. The molecule has 8 heteroatoms. The molecule has 0 atom stereocenters. The predicted molar refractivity (Wildman–Crippen MR) is 35.5 cm³/mol. The third-order valence-electron chi connectivity index (χ3n) is 1.27. The summed E-state index contributed by atoms with van der Waals surface area (Å²) in [6.07, 6.45) is -4.72. The fourth-order valence-electron chi connectivity index (χ4n) is 0.670. The van der Waals surface area contributed by atoms with Gasteiger partial charge in [-0.3, -0.25) is 4.79 Å². The molecule has 0 spiro atoms. The Labute approximate surface area is 74.8 Å². The monoisotopic (exact) mass is 209 g/mol. The molecular weight excluding hydrogens is 206 g/mol. The van der Waals surface area contributed by atoms with E-state index in [1.165, 1.54) is 0 Å². The summed E-state index contributed by atoms with van der Waals surface area (Å²) in [5.41, 5.74) is 2.99. The van der Waals surface area contributed by atoms with Crippen LogP contribution in [-0.4, -0.2) is 15.9 Å². The van der Waals surface area contributed by atoms with Crippen molar-refractivity contribution < 1.29 is 22.4 Å². The van der Waals surface area contributed by atoms with Gasteiger partial charge >= 0.3 is 6.18 Å². The summed E-state index contributed by atoms with van der Waals surface area (Å²) in [6, 6.07) is 0. The van der Waals surface area contributed by atoms with E-state index < -0.39 is 29.4 Å². The normalized spacial score (nSPS) is 11.4. The van der Waals surface area contributed by atoms with E-state index in [1.807, 2.05) is 0 Å². The molecule has 0 aliphatic carbocycles. The van der Waals surface area contributed by atoms with E-state index in [1.54, 1.807) is 0 Å². The van der Waals surface area contributed by atoms with Crippen LogP contribution >= 0.6 is 0 Å². The molecule has 1 aromatic heterocycles. The zero-order valence-electron chi connectivity index (χ0n) is 6.47. The average molecular weight is 209 g/mol. The van der Waals surface area contributed by atoms with Crippen molar-refractivity contribution in [2.75, 3.05) is 0 Å². The number of primary amides is 1. The smallest absolute Gasteiger partial charge is 0.363 e. The summed E-state index contributed by atoms with van der Waals surface area (Å²) in [5, 5.41) is 0. The first-order chi connectivity index (χ1) is 6.32. The first kappa shape index (κ1) is 10.4. The third kappa shape index (κ3) is 1.95. The molecule has 0 aliphatic heterocycles. The van der Waals surface area contributed by atoms with Crippen molar-refractivity contribution in [3.8, 4) is 0 Å². The number of hydrogen-bond acceptors (Lipinski definition) is 3. The molecule has 0 fully saturated rings. The number of alkyl halides is 3. The number of hydrogen-bond donors (Lipinski definition) is 1. The van der Waals surface area contributed by atoms with Gasteiger partial charge in [-0.15, -0.1) is 0 Å². The summed E-state index contributed by atoms with van der Waals surface area (Å²) >= 11 is 0. The van der Waals surface area contributed by atoms with Gasteiger partial charge in [0.05, 0.1) is 0 Å². The van der Waals surface area contributed by atoms with Crippen molar-refractivity contribution in [2.24, 2.45) is 5.73 Å². The van der Waals surface area contributed by atoms with Crippen LogP contribution in [0.25, 0.3) is 0 Å². The van der Waals surface area contributed by atoms with Crippen molar-refractivity contribution in [3.63, 3.8) is 0 Å². The molecule has 0 saturated heterocycles. The minimum Gasteiger partial charge on any atom is -0.363 e. The SMILES string of the molecule is NC(=O)c1ncc(C(F)(F)F)c(F)n1. The van der Waals surface area contributed by atoms with Crippen molar-refractivity contribution in [1.29, 1.82) is 0 Å². The highest BCUT2D eigenvalue weighted by Gasteiger charge is 2.35. The number of amides is 1. The highest BCUT2D eigenvalue weighted by atomic mass is 19.4. The van der Waals surface area contributed by atoms with Gasteiger partial charge in [-0.2, -0.15) is 22.5 Å². The van der Waals surface area contributed by atoms with E-state index in [9.17, 15) is 22.4 Å². The quantitative estimate of drug-likeness (QED) is 0.547.